The number of carbonyl (C=O) groups excluding carboxylic acids is 2. The molecule has 0 spiro atoms. The predicted octanol–water partition coefficient (Wildman–Crippen LogP) is 2.89. The summed E-state index contributed by atoms with van der Waals surface area (Å²) < 4.78 is 26.4. The van der Waals surface area contributed by atoms with Crippen molar-refractivity contribution in [2.24, 2.45) is 0 Å². The van der Waals surface area contributed by atoms with Gasteiger partial charge >= 0.3 is 0 Å². The molecule has 2 amide bonds. The summed E-state index contributed by atoms with van der Waals surface area (Å²) in [5.74, 6) is -2.40. The fourth-order valence-electron chi connectivity index (χ4n) is 2.79. The maximum absolute atomic E-state index is 13.6. The first kappa shape index (κ1) is 21.5. The number of benzene rings is 2. The third-order valence-electron chi connectivity index (χ3n) is 4.34. The SMILES string of the molecule is CN(C)C(CNC(=O)CCCNC(=O)c1ccc(F)cc1F)c1ccccc1. The van der Waals surface area contributed by atoms with Crippen molar-refractivity contribution in [3.05, 3.63) is 71.3 Å². The smallest absolute Gasteiger partial charge is 0.254 e. The number of carbonyl (C=O) groups is 2. The average Bonchev–Trinajstić information content (AvgIpc) is 2.66. The van der Waals surface area contributed by atoms with E-state index in [1.807, 2.05) is 49.3 Å². The summed E-state index contributed by atoms with van der Waals surface area (Å²) in [7, 11) is 3.90. The topological polar surface area (TPSA) is 61.4 Å². The molecule has 2 aromatic rings. The highest BCUT2D eigenvalue weighted by Crippen LogP contribution is 2.16. The molecule has 0 saturated heterocycles. The van der Waals surface area contributed by atoms with Crippen LogP contribution in [0.15, 0.2) is 48.5 Å². The number of nitrogens with zero attached hydrogens (tertiary/aromatic N) is 1. The Morgan fingerprint density at radius 2 is 1.75 bits per heavy atom. The summed E-state index contributed by atoms with van der Waals surface area (Å²) in [5, 5.41) is 5.44. The lowest BCUT2D eigenvalue weighted by atomic mass is 10.1. The van der Waals surface area contributed by atoms with Crippen molar-refractivity contribution in [2.75, 3.05) is 27.2 Å². The van der Waals surface area contributed by atoms with Crippen LogP contribution in [0.25, 0.3) is 0 Å². The molecule has 0 heterocycles. The highest BCUT2D eigenvalue weighted by Gasteiger charge is 2.15. The molecule has 2 rings (SSSR count). The largest absolute Gasteiger partial charge is 0.354 e. The van der Waals surface area contributed by atoms with Crippen LogP contribution in [-0.2, 0) is 4.79 Å². The van der Waals surface area contributed by atoms with Gasteiger partial charge in [-0.3, -0.25) is 9.59 Å². The molecule has 28 heavy (non-hydrogen) atoms. The van der Waals surface area contributed by atoms with Crippen LogP contribution in [0.5, 0.6) is 0 Å². The lowest BCUT2D eigenvalue weighted by Crippen LogP contribution is -2.35. The number of hydrogen-bond acceptors (Lipinski definition) is 3. The van der Waals surface area contributed by atoms with Crippen molar-refractivity contribution in [2.45, 2.75) is 18.9 Å². The number of rotatable bonds is 9. The van der Waals surface area contributed by atoms with Crippen LogP contribution in [0.2, 0.25) is 0 Å². The van der Waals surface area contributed by atoms with E-state index in [4.69, 9.17) is 0 Å². The molecule has 2 aromatic carbocycles. The molecule has 2 N–H and O–H groups in total. The maximum atomic E-state index is 13.6. The number of amides is 2. The Morgan fingerprint density at radius 1 is 1.04 bits per heavy atom. The van der Waals surface area contributed by atoms with E-state index in [0.717, 1.165) is 17.7 Å². The second-order valence-electron chi connectivity index (χ2n) is 6.68. The van der Waals surface area contributed by atoms with E-state index >= 15 is 0 Å². The zero-order valence-electron chi connectivity index (χ0n) is 16.0. The lowest BCUT2D eigenvalue weighted by Gasteiger charge is -2.25. The second kappa shape index (κ2) is 10.5. The minimum atomic E-state index is -0.911. The van der Waals surface area contributed by atoms with Gasteiger partial charge in [-0.05, 0) is 38.2 Å². The van der Waals surface area contributed by atoms with Crippen LogP contribution in [0, 0.1) is 11.6 Å². The van der Waals surface area contributed by atoms with Crippen LogP contribution < -0.4 is 10.6 Å². The van der Waals surface area contributed by atoms with Crippen LogP contribution in [0.4, 0.5) is 8.78 Å². The normalized spacial score (nSPS) is 11.9. The molecule has 0 aliphatic carbocycles. The molecule has 1 unspecified atom stereocenters. The number of nitrogens with one attached hydrogen (secondary N) is 2. The molecule has 0 aliphatic heterocycles. The minimum Gasteiger partial charge on any atom is -0.354 e. The molecule has 0 aliphatic rings. The maximum Gasteiger partial charge on any atom is 0.254 e. The molecule has 0 saturated carbocycles. The van der Waals surface area contributed by atoms with Gasteiger partial charge in [0.05, 0.1) is 11.6 Å². The molecule has 5 nitrogen and oxygen atoms in total. The Morgan fingerprint density at radius 3 is 2.39 bits per heavy atom. The van der Waals surface area contributed by atoms with Crippen LogP contribution in [0.1, 0.15) is 34.8 Å². The molecular formula is C21H25F2N3O2. The Labute approximate surface area is 163 Å². The average molecular weight is 389 g/mol. The van der Waals surface area contributed by atoms with Gasteiger partial charge in [-0.2, -0.15) is 0 Å². The van der Waals surface area contributed by atoms with Gasteiger partial charge in [0.1, 0.15) is 11.6 Å². The quantitative estimate of drug-likeness (QED) is 0.649. The van der Waals surface area contributed by atoms with Gasteiger partial charge in [0.15, 0.2) is 0 Å². The van der Waals surface area contributed by atoms with Crippen molar-refractivity contribution in [1.82, 2.24) is 15.5 Å². The van der Waals surface area contributed by atoms with Crippen molar-refractivity contribution in [3.8, 4) is 0 Å². The van der Waals surface area contributed by atoms with Gasteiger partial charge in [-0.15, -0.1) is 0 Å². The number of halogens is 2. The molecular weight excluding hydrogens is 364 g/mol. The number of hydrogen-bond donors (Lipinski definition) is 2. The zero-order chi connectivity index (χ0) is 20.5. The molecule has 150 valence electrons. The first-order chi connectivity index (χ1) is 13.4. The highest BCUT2D eigenvalue weighted by molar-refractivity contribution is 5.94. The van der Waals surface area contributed by atoms with Gasteiger partial charge in [0.25, 0.3) is 5.91 Å². The highest BCUT2D eigenvalue weighted by atomic mass is 19.1. The summed E-state index contributed by atoms with van der Waals surface area (Å²) in [5.41, 5.74) is 0.893. The fourth-order valence-corrected chi connectivity index (χ4v) is 2.79. The summed E-state index contributed by atoms with van der Waals surface area (Å²) in [6.45, 7) is 0.696. The van der Waals surface area contributed by atoms with Crippen molar-refractivity contribution < 1.29 is 18.4 Å². The standard InChI is InChI=1S/C21H25F2N3O2/c1-26(2)19(15-7-4-3-5-8-15)14-25-20(27)9-6-12-24-21(28)17-11-10-16(22)13-18(17)23/h3-5,7-8,10-11,13,19H,6,9,12,14H2,1-2H3,(H,24,28)(H,25,27). The summed E-state index contributed by atoms with van der Waals surface area (Å²) in [6, 6.07) is 12.7. The Hall–Kier alpha value is -2.80. The molecule has 0 aromatic heterocycles. The second-order valence-corrected chi connectivity index (χ2v) is 6.68. The third kappa shape index (κ3) is 6.42. The molecule has 7 heteroatoms. The van der Waals surface area contributed by atoms with Crippen LogP contribution in [0.3, 0.4) is 0 Å². The summed E-state index contributed by atoms with van der Waals surface area (Å²) in [6.07, 6.45) is 0.652. The Bertz CT molecular complexity index is 797. The molecule has 1 atom stereocenters. The predicted molar refractivity (Wildman–Crippen MR) is 104 cm³/mol. The Kier molecular flexibility index (Phi) is 8.07. The van der Waals surface area contributed by atoms with E-state index in [1.54, 1.807) is 0 Å². The van der Waals surface area contributed by atoms with Crippen LogP contribution >= 0.6 is 0 Å². The van der Waals surface area contributed by atoms with Gasteiger partial charge in [0.2, 0.25) is 5.91 Å². The zero-order valence-corrected chi connectivity index (χ0v) is 16.0. The molecule has 0 fully saturated rings. The third-order valence-corrected chi connectivity index (χ3v) is 4.34. The minimum absolute atomic E-state index is 0.0614. The molecule has 0 radical (unpaired) electrons. The summed E-state index contributed by atoms with van der Waals surface area (Å²) in [4.78, 5) is 26.0. The van der Waals surface area contributed by atoms with E-state index in [1.165, 1.54) is 0 Å². The first-order valence-corrected chi connectivity index (χ1v) is 9.10. The monoisotopic (exact) mass is 389 g/mol. The van der Waals surface area contributed by atoms with Gasteiger partial charge in [-0.1, -0.05) is 30.3 Å². The van der Waals surface area contributed by atoms with Crippen LogP contribution in [-0.4, -0.2) is 43.9 Å². The lowest BCUT2D eigenvalue weighted by molar-refractivity contribution is -0.121. The molecule has 0 bridgehead atoms. The Balaban J connectivity index is 1.73. The summed E-state index contributed by atoms with van der Waals surface area (Å²) >= 11 is 0. The van der Waals surface area contributed by atoms with E-state index in [0.29, 0.717) is 19.0 Å². The van der Waals surface area contributed by atoms with Gasteiger partial charge in [-0.25, -0.2) is 8.78 Å². The van der Waals surface area contributed by atoms with Gasteiger partial charge < -0.3 is 15.5 Å². The van der Waals surface area contributed by atoms with E-state index in [9.17, 15) is 18.4 Å². The number of likely N-dealkylation sites (N-methyl/N-ethyl adjacent to an activating group) is 1. The van der Waals surface area contributed by atoms with Crippen molar-refractivity contribution >= 4 is 11.8 Å². The van der Waals surface area contributed by atoms with Crippen molar-refractivity contribution in [1.29, 1.82) is 0 Å². The van der Waals surface area contributed by atoms with E-state index < -0.39 is 17.5 Å². The van der Waals surface area contributed by atoms with Crippen molar-refractivity contribution in [3.63, 3.8) is 0 Å². The van der Waals surface area contributed by atoms with E-state index in [2.05, 4.69) is 10.6 Å². The fraction of sp³-hybridized carbons (Fsp3) is 0.333. The first-order valence-electron chi connectivity index (χ1n) is 9.10. The van der Waals surface area contributed by atoms with E-state index in [-0.39, 0.29) is 30.5 Å². The van der Waals surface area contributed by atoms with Gasteiger partial charge in [0, 0.05) is 25.6 Å².